The molecule has 1 nitrogen and oxygen atoms in total. The van der Waals surface area contributed by atoms with Crippen LogP contribution in [0.3, 0.4) is 0 Å². The summed E-state index contributed by atoms with van der Waals surface area (Å²) in [6.07, 6.45) is 1.03. The van der Waals surface area contributed by atoms with Crippen LogP contribution in [-0.4, -0.2) is 0 Å². The lowest BCUT2D eigenvalue weighted by molar-refractivity contribution is 0.482. The maximum atomic E-state index is 5.72. The van der Waals surface area contributed by atoms with Crippen molar-refractivity contribution in [2.45, 2.75) is 13.3 Å². The highest BCUT2D eigenvalue weighted by atomic mass is 16.5. The van der Waals surface area contributed by atoms with Crippen LogP contribution in [0.15, 0.2) is 54.6 Å². The molecule has 0 aliphatic heterocycles. The molecule has 0 spiro atoms. The Bertz CT molecular complexity index is 420. The van der Waals surface area contributed by atoms with Crippen molar-refractivity contribution in [1.29, 1.82) is 0 Å². The molecule has 15 heavy (non-hydrogen) atoms. The van der Waals surface area contributed by atoms with Gasteiger partial charge in [-0.15, -0.1) is 0 Å². The molecule has 0 heterocycles. The fraction of sp³-hybridized carbons (Fsp3) is 0.143. The summed E-state index contributed by atoms with van der Waals surface area (Å²) in [7, 11) is 0. The van der Waals surface area contributed by atoms with Crippen LogP contribution in [0.1, 0.15) is 12.5 Å². The summed E-state index contributed by atoms with van der Waals surface area (Å²) in [5.74, 6) is 1.78. The monoisotopic (exact) mass is 198 g/mol. The highest BCUT2D eigenvalue weighted by Crippen LogP contribution is 2.21. The normalized spacial score (nSPS) is 9.93. The van der Waals surface area contributed by atoms with Crippen LogP contribution in [0, 0.1) is 0 Å². The number of ether oxygens (including phenoxy) is 1. The van der Waals surface area contributed by atoms with Gasteiger partial charge in [0.25, 0.3) is 0 Å². The van der Waals surface area contributed by atoms with E-state index in [1.807, 2.05) is 42.5 Å². The second-order valence-corrected chi connectivity index (χ2v) is 3.42. The fourth-order valence-electron chi connectivity index (χ4n) is 1.45. The van der Waals surface area contributed by atoms with Crippen molar-refractivity contribution in [3.05, 3.63) is 60.2 Å². The zero-order valence-electron chi connectivity index (χ0n) is 8.81. The molecule has 0 saturated heterocycles. The van der Waals surface area contributed by atoms with Gasteiger partial charge in [0.15, 0.2) is 0 Å². The maximum absolute atomic E-state index is 5.72. The number of rotatable bonds is 3. The molecule has 0 radical (unpaired) electrons. The summed E-state index contributed by atoms with van der Waals surface area (Å²) < 4.78 is 5.72. The van der Waals surface area contributed by atoms with Gasteiger partial charge in [-0.3, -0.25) is 0 Å². The van der Waals surface area contributed by atoms with Gasteiger partial charge in [-0.05, 0) is 36.2 Å². The van der Waals surface area contributed by atoms with E-state index in [4.69, 9.17) is 4.74 Å². The average Bonchev–Trinajstić information content (AvgIpc) is 2.31. The minimum Gasteiger partial charge on any atom is -0.457 e. The van der Waals surface area contributed by atoms with E-state index < -0.39 is 0 Å². The number of aryl methyl sites for hydroxylation is 1. The first-order valence-electron chi connectivity index (χ1n) is 5.20. The van der Waals surface area contributed by atoms with Gasteiger partial charge in [0.1, 0.15) is 11.5 Å². The third kappa shape index (κ3) is 2.59. The smallest absolute Gasteiger partial charge is 0.127 e. The highest BCUT2D eigenvalue weighted by molar-refractivity contribution is 5.33. The Hall–Kier alpha value is -1.76. The van der Waals surface area contributed by atoms with Gasteiger partial charge in [0.05, 0.1) is 0 Å². The molecule has 0 aromatic heterocycles. The number of hydrogen-bond acceptors (Lipinski definition) is 1. The number of para-hydroxylation sites is 1. The van der Waals surface area contributed by atoms with Crippen LogP contribution >= 0.6 is 0 Å². The first-order chi connectivity index (χ1) is 7.38. The van der Waals surface area contributed by atoms with Crippen molar-refractivity contribution in [2.24, 2.45) is 0 Å². The van der Waals surface area contributed by atoms with Gasteiger partial charge in [0.2, 0.25) is 0 Å². The lowest BCUT2D eigenvalue weighted by atomic mass is 10.2. The van der Waals surface area contributed by atoms with Crippen LogP contribution in [0.4, 0.5) is 0 Å². The van der Waals surface area contributed by atoms with Gasteiger partial charge in [-0.25, -0.2) is 0 Å². The van der Waals surface area contributed by atoms with Gasteiger partial charge in [0, 0.05) is 0 Å². The van der Waals surface area contributed by atoms with Gasteiger partial charge < -0.3 is 4.74 Å². The van der Waals surface area contributed by atoms with Gasteiger partial charge >= 0.3 is 0 Å². The molecule has 0 N–H and O–H groups in total. The minimum absolute atomic E-state index is 0.880. The topological polar surface area (TPSA) is 9.23 Å². The molecule has 0 amide bonds. The lowest BCUT2D eigenvalue weighted by Crippen LogP contribution is -1.85. The maximum Gasteiger partial charge on any atom is 0.127 e. The molecule has 2 aromatic rings. The van der Waals surface area contributed by atoms with E-state index in [-0.39, 0.29) is 0 Å². The summed E-state index contributed by atoms with van der Waals surface area (Å²) in [6.45, 7) is 2.14. The van der Waals surface area contributed by atoms with E-state index in [0.717, 1.165) is 17.9 Å². The molecular formula is C14H14O. The van der Waals surface area contributed by atoms with E-state index in [2.05, 4.69) is 19.1 Å². The van der Waals surface area contributed by atoms with Crippen molar-refractivity contribution in [3.8, 4) is 11.5 Å². The Morgan fingerprint density at radius 2 is 1.60 bits per heavy atom. The predicted molar refractivity (Wildman–Crippen MR) is 62.3 cm³/mol. The SMILES string of the molecule is CCc1cccc(Oc2ccccc2)c1. The molecule has 0 fully saturated rings. The van der Waals surface area contributed by atoms with Crippen molar-refractivity contribution in [3.63, 3.8) is 0 Å². The first kappa shape index (κ1) is 9.78. The Morgan fingerprint density at radius 1 is 0.867 bits per heavy atom. The fourth-order valence-corrected chi connectivity index (χ4v) is 1.45. The molecule has 2 aromatic carbocycles. The standard InChI is InChI=1S/C14H14O/c1-2-12-7-6-10-14(11-12)15-13-8-4-3-5-9-13/h3-11H,2H2,1H3. The third-order valence-corrected chi connectivity index (χ3v) is 2.29. The molecule has 0 aliphatic carbocycles. The Labute approximate surface area is 90.3 Å². The number of benzene rings is 2. The largest absolute Gasteiger partial charge is 0.457 e. The molecule has 76 valence electrons. The summed E-state index contributed by atoms with van der Waals surface area (Å²) in [5, 5.41) is 0. The molecule has 1 heteroatoms. The third-order valence-electron chi connectivity index (χ3n) is 2.29. The van der Waals surface area contributed by atoms with Crippen LogP contribution in [-0.2, 0) is 6.42 Å². The summed E-state index contributed by atoms with van der Waals surface area (Å²) in [6, 6.07) is 18.0. The summed E-state index contributed by atoms with van der Waals surface area (Å²) >= 11 is 0. The van der Waals surface area contributed by atoms with E-state index in [1.54, 1.807) is 0 Å². The number of hydrogen-bond donors (Lipinski definition) is 0. The van der Waals surface area contributed by atoms with Crippen molar-refractivity contribution in [1.82, 2.24) is 0 Å². The van der Waals surface area contributed by atoms with E-state index in [0.29, 0.717) is 0 Å². The van der Waals surface area contributed by atoms with Crippen molar-refractivity contribution in [2.75, 3.05) is 0 Å². The minimum atomic E-state index is 0.880. The zero-order chi connectivity index (χ0) is 10.5. The van der Waals surface area contributed by atoms with Gasteiger partial charge in [-0.1, -0.05) is 37.3 Å². The van der Waals surface area contributed by atoms with Crippen molar-refractivity contribution >= 4 is 0 Å². The predicted octanol–water partition coefficient (Wildman–Crippen LogP) is 4.04. The molecule has 0 unspecified atom stereocenters. The lowest BCUT2D eigenvalue weighted by Gasteiger charge is -2.06. The van der Waals surface area contributed by atoms with Crippen LogP contribution in [0.5, 0.6) is 11.5 Å². The Morgan fingerprint density at radius 3 is 2.33 bits per heavy atom. The van der Waals surface area contributed by atoms with Crippen LogP contribution < -0.4 is 4.74 Å². The zero-order valence-corrected chi connectivity index (χ0v) is 8.81. The molecule has 0 aliphatic rings. The Kier molecular flexibility index (Phi) is 3.03. The second-order valence-electron chi connectivity index (χ2n) is 3.42. The van der Waals surface area contributed by atoms with Crippen LogP contribution in [0.25, 0.3) is 0 Å². The average molecular weight is 198 g/mol. The molecule has 0 atom stereocenters. The second kappa shape index (κ2) is 4.65. The Balaban J connectivity index is 2.17. The summed E-state index contributed by atoms with van der Waals surface area (Å²) in [4.78, 5) is 0. The quantitative estimate of drug-likeness (QED) is 0.723. The summed E-state index contributed by atoms with van der Waals surface area (Å²) in [5.41, 5.74) is 1.29. The van der Waals surface area contributed by atoms with Crippen LogP contribution in [0.2, 0.25) is 0 Å². The molecular weight excluding hydrogens is 184 g/mol. The molecule has 0 saturated carbocycles. The van der Waals surface area contributed by atoms with Crippen molar-refractivity contribution < 1.29 is 4.74 Å². The highest BCUT2D eigenvalue weighted by Gasteiger charge is 1.96. The van der Waals surface area contributed by atoms with E-state index >= 15 is 0 Å². The molecule has 0 bridgehead atoms. The van der Waals surface area contributed by atoms with E-state index in [1.165, 1.54) is 5.56 Å². The first-order valence-corrected chi connectivity index (χ1v) is 5.20. The van der Waals surface area contributed by atoms with E-state index in [9.17, 15) is 0 Å². The molecule has 2 rings (SSSR count). The van der Waals surface area contributed by atoms with Gasteiger partial charge in [-0.2, -0.15) is 0 Å².